The van der Waals surface area contributed by atoms with E-state index in [1.54, 1.807) is 0 Å². The Morgan fingerprint density at radius 1 is 1.62 bits per heavy atom. The molecule has 1 N–H and O–H groups in total. The summed E-state index contributed by atoms with van der Waals surface area (Å²) in [5, 5.41) is 8.48. The topological polar surface area (TPSA) is 65.9 Å². The standard InChI is InChI=1S/C9H7F3N2O2/c1-2-16-8(15)7-6(9(10,11)12)5(3-13)4-14-7/h4,14H,2H2,1H3. The number of hydrogen-bond donors (Lipinski definition) is 1. The number of carbonyl (C=O) groups is 1. The molecule has 0 bridgehead atoms. The fraction of sp³-hybridized carbons (Fsp3) is 0.333. The lowest BCUT2D eigenvalue weighted by Crippen LogP contribution is -2.15. The van der Waals surface area contributed by atoms with Gasteiger partial charge in [0.2, 0.25) is 0 Å². The van der Waals surface area contributed by atoms with Gasteiger partial charge in [0.25, 0.3) is 0 Å². The van der Waals surface area contributed by atoms with Gasteiger partial charge in [-0.15, -0.1) is 0 Å². The third-order valence-electron chi connectivity index (χ3n) is 1.76. The number of rotatable bonds is 2. The Hall–Kier alpha value is -1.97. The fourth-order valence-electron chi connectivity index (χ4n) is 1.17. The van der Waals surface area contributed by atoms with Gasteiger partial charge < -0.3 is 9.72 Å². The van der Waals surface area contributed by atoms with E-state index < -0.39 is 29.0 Å². The van der Waals surface area contributed by atoms with Crippen molar-refractivity contribution in [1.82, 2.24) is 4.98 Å². The zero-order valence-corrected chi connectivity index (χ0v) is 8.18. The van der Waals surface area contributed by atoms with Gasteiger partial charge in [-0.2, -0.15) is 18.4 Å². The molecule has 1 aromatic rings. The van der Waals surface area contributed by atoms with Crippen molar-refractivity contribution in [1.29, 1.82) is 5.26 Å². The van der Waals surface area contributed by atoms with Crippen molar-refractivity contribution in [2.24, 2.45) is 0 Å². The summed E-state index contributed by atoms with van der Waals surface area (Å²) in [4.78, 5) is 13.3. The Balaban J connectivity index is 3.27. The molecule has 0 aliphatic carbocycles. The molecule has 0 saturated carbocycles. The average Bonchev–Trinajstić information content (AvgIpc) is 2.60. The minimum absolute atomic E-state index is 0.0446. The Kier molecular flexibility index (Phi) is 3.22. The van der Waals surface area contributed by atoms with Crippen molar-refractivity contribution in [2.45, 2.75) is 13.1 Å². The van der Waals surface area contributed by atoms with Gasteiger partial charge in [0.15, 0.2) is 0 Å². The first-order chi connectivity index (χ1) is 7.41. The number of carbonyl (C=O) groups excluding carboxylic acids is 1. The van der Waals surface area contributed by atoms with Gasteiger partial charge in [-0.25, -0.2) is 4.79 Å². The van der Waals surface area contributed by atoms with Gasteiger partial charge in [0.1, 0.15) is 17.3 Å². The van der Waals surface area contributed by atoms with E-state index in [1.165, 1.54) is 13.0 Å². The number of nitrogens with one attached hydrogen (secondary N) is 1. The van der Waals surface area contributed by atoms with Crippen LogP contribution >= 0.6 is 0 Å². The largest absolute Gasteiger partial charge is 0.461 e. The number of H-pyrrole nitrogens is 1. The summed E-state index contributed by atoms with van der Waals surface area (Å²) in [6.07, 6.45) is -3.94. The molecule has 16 heavy (non-hydrogen) atoms. The van der Waals surface area contributed by atoms with Gasteiger partial charge in [0, 0.05) is 6.20 Å². The van der Waals surface area contributed by atoms with E-state index in [0.29, 0.717) is 0 Å². The highest BCUT2D eigenvalue weighted by molar-refractivity contribution is 5.90. The molecule has 0 aromatic carbocycles. The summed E-state index contributed by atoms with van der Waals surface area (Å²) >= 11 is 0. The van der Waals surface area contributed by atoms with E-state index in [2.05, 4.69) is 9.72 Å². The van der Waals surface area contributed by atoms with E-state index in [9.17, 15) is 18.0 Å². The Bertz CT molecular complexity index is 443. The van der Waals surface area contributed by atoms with Crippen LogP contribution < -0.4 is 0 Å². The number of nitriles is 1. The average molecular weight is 232 g/mol. The summed E-state index contributed by atoms with van der Waals surface area (Å²) in [5.41, 5.74) is -2.66. The molecular weight excluding hydrogens is 225 g/mol. The number of hydrogen-bond acceptors (Lipinski definition) is 3. The number of ether oxygens (including phenoxy) is 1. The Morgan fingerprint density at radius 2 is 2.25 bits per heavy atom. The maximum absolute atomic E-state index is 12.6. The van der Waals surface area contributed by atoms with Gasteiger partial charge >= 0.3 is 12.1 Å². The smallest absolute Gasteiger partial charge is 0.420 e. The third kappa shape index (κ3) is 2.16. The Morgan fingerprint density at radius 3 is 2.69 bits per heavy atom. The molecule has 0 spiro atoms. The van der Waals surface area contributed by atoms with E-state index in [4.69, 9.17) is 5.26 Å². The maximum Gasteiger partial charge on any atom is 0.420 e. The Labute approximate surface area is 88.6 Å². The quantitative estimate of drug-likeness (QED) is 0.794. The minimum Gasteiger partial charge on any atom is -0.461 e. The summed E-state index contributed by atoms with van der Waals surface area (Å²) in [6, 6.07) is 1.36. The second-order valence-electron chi connectivity index (χ2n) is 2.78. The van der Waals surface area contributed by atoms with Crippen LogP contribution in [0.3, 0.4) is 0 Å². The van der Waals surface area contributed by atoms with Crippen molar-refractivity contribution >= 4 is 5.97 Å². The van der Waals surface area contributed by atoms with Crippen molar-refractivity contribution in [3.8, 4) is 6.07 Å². The molecule has 0 fully saturated rings. The van der Waals surface area contributed by atoms with Crippen LogP contribution in [-0.4, -0.2) is 17.6 Å². The molecule has 1 rings (SSSR count). The molecule has 0 aliphatic rings. The van der Waals surface area contributed by atoms with Crippen LogP contribution in [0.5, 0.6) is 0 Å². The predicted octanol–water partition coefficient (Wildman–Crippen LogP) is 2.08. The van der Waals surface area contributed by atoms with Crippen molar-refractivity contribution in [2.75, 3.05) is 6.61 Å². The number of aromatic nitrogens is 1. The first-order valence-corrected chi connectivity index (χ1v) is 4.27. The lowest BCUT2D eigenvalue weighted by molar-refractivity contribution is -0.138. The van der Waals surface area contributed by atoms with Crippen LogP contribution in [-0.2, 0) is 10.9 Å². The molecule has 0 aliphatic heterocycles. The normalized spacial score (nSPS) is 10.9. The highest BCUT2D eigenvalue weighted by Gasteiger charge is 2.40. The molecule has 0 saturated heterocycles. The van der Waals surface area contributed by atoms with Gasteiger partial charge in [-0.05, 0) is 6.92 Å². The first-order valence-electron chi connectivity index (χ1n) is 4.27. The highest BCUT2D eigenvalue weighted by Crippen LogP contribution is 2.34. The number of aromatic amines is 1. The predicted molar refractivity (Wildman–Crippen MR) is 46.5 cm³/mol. The lowest BCUT2D eigenvalue weighted by atomic mass is 10.1. The van der Waals surface area contributed by atoms with Gasteiger partial charge in [-0.3, -0.25) is 0 Å². The monoisotopic (exact) mass is 232 g/mol. The van der Waals surface area contributed by atoms with Crippen molar-refractivity contribution in [3.05, 3.63) is 23.0 Å². The van der Waals surface area contributed by atoms with Crippen LogP contribution in [0.1, 0.15) is 28.5 Å². The van der Waals surface area contributed by atoms with Crippen molar-refractivity contribution in [3.63, 3.8) is 0 Å². The van der Waals surface area contributed by atoms with Crippen LogP contribution in [0.15, 0.2) is 6.20 Å². The zero-order chi connectivity index (χ0) is 12.3. The van der Waals surface area contributed by atoms with Crippen LogP contribution in [0.2, 0.25) is 0 Å². The van der Waals surface area contributed by atoms with Crippen LogP contribution in [0.25, 0.3) is 0 Å². The molecule has 4 nitrogen and oxygen atoms in total. The molecule has 0 unspecified atom stereocenters. The number of esters is 1. The van der Waals surface area contributed by atoms with Crippen LogP contribution in [0, 0.1) is 11.3 Å². The number of nitrogens with zero attached hydrogens (tertiary/aromatic N) is 1. The second-order valence-corrected chi connectivity index (χ2v) is 2.78. The highest BCUT2D eigenvalue weighted by atomic mass is 19.4. The molecule has 1 heterocycles. The summed E-state index contributed by atoms with van der Waals surface area (Å²) in [5.74, 6) is -1.13. The van der Waals surface area contributed by atoms with E-state index in [1.807, 2.05) is 0 Å². The van der Waals surface area contributed by atoms with Crippen LogP contribution in [0.4, 0.5) is 13.2 Å². The summed E-state index contributed by atoms with van der Waals surface area (Å²) in [7, 11) is 0. The third-order valence-corrected chi connectivity index (χ3v) is 1.76. The zero-order valence-electron chi connectivity index (χ0n) is 8.18. The summed E-state index contributed by atoms with van der Waals surface area (Å²) < 4.78 is 42.1. The number of alkyl halides is 3. The lowest BCUT2D eigenvalue weighted by Gasteiger charge is -2.07. The van der Waals surface area contributed by atoms with E-state index >= 15 is 0 Å². The first kappa shape index (κ1) is 12.1. The summed E-state index contributed by atoms with van der Waals surface area (Å²) in [6.45, 7) is 1.43. The number of halogens is 3. The molecule has 0 radical (unpaired) electrons. The van der Waals surface area contributed by atoms with E-state index in [0.717, 1.165) is 6.20 Å². The SMILES string of the molecule is CCOC(=O)c1[nH]cc(C#N)c1C(F)(F)F. The maximum atomic E-state index is 12.6. The molecule has 7 heteroatoms. The molecule has 86 valence electrons. The van der Waals surface area contributed by atoms with Crippen molar-refractivity contribution < 1.29 is 22.7 Å². The van der Waals surface area contributed by atoms with Gasteiger partial charge in [-0.1, -0.05) is 0 Å². The molecule has 0 atom stereocenters. The van der Waals surface area contributed by atoms with E-state index in [-0.39, 0.29) is 6.61 Å². The minimum atomic E-state index is -4.77. The fourth-order valence-corrected chi connectivity index (χ4v) is 1.17. The second kappa shape index (κ2) is 4.26. The molecule has 1 aromatic heterocycles. The molecular formula is C9H7F3N2O2. The van der Waals surface area contributed by atoms with Gasteiger partial charge in [0.05, 0.1) is 12.2 Å². The molecule has 0 amide bonds.